The summed E-state index contributed by atoms with van der Waals surface area (Å²) >= 11 is 12.8. The molecule has 4 heteroatoms. The Labute approximate surface area is 146 Å². The van der Waals surface area contributed by atoms with Crippen molar-refractivity contribution in [1.29, 1.82) is 0 Å². The summed E-state index contributed by atoms with van der Waals surface area (Å²) in [5.41, 5.74) is 5.11. The maximum atomic E-state index is 12.7. The monoisotopic (exact) mass is 347 g/mol. The minimum atomic E-state index is -1.04. The first-order valence-electron chi connectivity index (χ1n) is 7.64. The molecule has 0 spiro atoms. The summed E-state index contributed by atoms with van der Waals surface area (Å²) in [7, 11) is 0. The molecule has 0 saturated heterocycles. The Bertz CT molecular complexity index is 732. The van der Waals surface area contributed by atoms with E-state index >= 15 is 0 Å². The molecule has 2 atom stereocenters. The van der Waals surface area contributed by atoms with Gasteiger partial charge in [0.05, 0.1) is 5.92 Å². The molecule has 1 aliphatic carbocycles. The van der Waals surface area contributed by atoms with Crippen LogP contribution in [0.15, 0.2) is 42.5 Å². The molecule has 23 heavy (non-hydrogen) atoms. The van der Waals surface area contributed by atoms with Crippen LogP contribution in [0.25, 0.3) is 0 Å². The molecule has 0 aliphatic heterocycles. The normalized spacial score (nSPS) is 21.8. The number of rotatable bonds is 3. The molecular weight excluding hydrogens is 329 g/mol. The lowest BCUT2D eigenvalue weighted by Crippen LogP contribution is -2.18. The fourth-order valence-corrected chi connectivity index (χ4v) is 4.13. The number of halogens is 2. The first kappa shape index (κ1) is 16.4. The number of nitrogens with one attached hydrogen (secondary N) is 1. The van der Waals surface area contributed by atoms with Crippen LogP contribution in [0.3, 0.4) is 0 Å². The van der Waals surface area contributed by atoms with Crippen molar-refractivity contribution in [1.82, 2.24) is 0 Å². The van der Waals surface area contributed by atoms with Crippen molar-refractivity contribution in [2.45, 2.75) is 31.0 Å². The van der Waals surface area contributed by atoms with Gasteiger partial charge >= 0.3 is 0 Å². The molecule has 1 amide bonds. The van der Waals surface area contributed by atoms with Crippen LogP contribution < -0.4 is 5.32 Å². The smallest absolute Gasteiger partial charge is 0.231 e. The van der Waals surface area contributed by atoms with E-state index in [1.54, 1.807) is 0 Å². The van der Waals surface area contributed by atoms with Crippen molar-refractivity contribution in [3.05, 3.63) is 64.7 Å². The van der Waals surface area contributed by atoms with Gasteiger partial charge in [-0.3, -0.25) is 4.79 Å². The third-order valence-electron chi connectivity index (χ3n) is 4.42. The highest BCUT2D eigenvalue weighted by molar-refractivity contribution is 6.53. The van der Waals surface area contributed by atoms with Gasteiger partial charge in [-0.15, -0.1) is 23.2 Å². The number of amides is 1. The van der Waals surface area contributed by atoms with E-state index in [2.05, 4.69) is 17.4 Å². The molecule has 2 nitrogen and oxygen atoms in total. The van der Waals surface area contributed by atoms with Crippen LogP contribution in [0, 0.1) is 26.7 Å². The van der Waals surface area contributed by atoms with Gasteiger partial charge in [-0.05, 0) is 37.5 Å². The largest absolute Gasteiger partial charge is 0.325 e. The second-order valence-electron chi connectivity index (χ2n) is 6.30. The molecule has 1 N–H and O–H groups in total. The number of alkyl halides is 2. The Kier molecular flexibility index (Phi) is 4.16. The fraction of sp³-hybridized carbons (Fsp3) is 0.316. The van der Waals surface area contributed by atoms with Crippen molar-refractivity contribution < 1.29 is 4.79 Å². The Morgan fingerprint density at radius 3 is 2.17 bits per heavy atom. The van der Waals surface area contributed by atoms with Gasteiger partial charge in [-0.1, -0.05) is 48.0 Å². The molecule has 1 fully saturated rings. The summed E-state index contributed by atoms with van der Waals surface area (Å²) in [6, 6.07) is 13.8. The van der Waals surface area contributed by atoms with Gasteiger partial charge in [0, 0.05) is 11.6 Å². The molecule has 0 aromatic heterocycles. The van der Waals surface area contributed by atoms with E-state index in [0.717, 1.165) is 22.4 Å². The molecule has 1 aliphatic rings. The number of carbonyl (C=O) groups excluding carboxylic acids is 1. The van der Waals surface area contributed by atoms with Crippen LogP contribution in [-0.4, -0.2) is 10.2 Å². The third-order valence-corrected chi connectivity index (χ3v) is 5.36. The SMILES string of the molecule is Cc1cc(C)c(NC(=O)[C@@H]2[C@H](c3ccccc3)C2(Cl)Cl)c(C)c1. The zero-order chi connectivity index (χ0) is 16.8. The van der Waals surface area contributed by atoms with Gasteiger partial charge in [0.15, 0.2) is 0 Å². The Morgan fingerprint density at radius 2 is 1.61 bits per heavy atom. The molecule has 0 unspecified atom stereocenters. The van der Waals surface area contributed by atoms with Crippen LogP contribution in [0.1, 0.15) is 28.2 Å². The highest BCUT2D eigenvalue weighted by atomic mass is 35.5. The van der Waals surface area contributed by atoms with Crippen LogP contribution in [0.2, 0.25) is 0 Å². The van der Waals surface area contributed by atoms with Crippen LogP contribution in [0.5, 0.6) is 0 Å². The average Bonchev–Trinajstić information content (AvgIpc) is 3.06. The summed E-state index contributed by atoms with van der Waals surface area (Å²) in [5.74, 6) is -0.731. The second kappa shape index (κ2) is 5.85. The van der Waals surface area contributed by atoms with Crippen LogP contribution in [0.4, 0.5) is 5.69 Å². The molecule has 120 valence electrons. The first-order chi connectivity index (χ1) is 10.8. The van der Waals surface area contributed by atoms with Crippen molar-refractivity contribution in [3.63, 3.8) is 0 Å². The molecule has 0 bridgehead atoms. The topological polar surface area (TPSA) is 29.1 Å². The van der Waals surface area contributed by atoms with Crippen molar-refractivity contribution in [3.8, 4) is 0 Å². The number of anilines is 1. The molecule has 1 saturated carbocycles. The molecule has 0 heterocycles. The maximum Gasteiger partial charge on any atom is 0.231 e. The van der Waals surface area contributed by atoms with E-state index in [0.29, 0.717) is 0 Å². The minimum Gasteiger partial charge on any atom is -0.325 e. The van der Waals surface area contributed by atoms with Gasteiger partial charge < -0.3 is 5.32 Å². The Balaban J connectivity index is 1.82. The highest BCUT2D eigenvalue weighted by Crippen LogP contribution is 2.65. The summed E-state index contributed by atoms with van der Waals surface area (Å²) in [6.45, 7) is 6.03. The van der Waals surface area contributed by atoms with Crippen molar-refractivity contribution >= 4 is 34.8 Å². The van der Waals surface area contributed by atoms with Gasteiger partial charge in [0.1, 0.15) is 4.33 Å². The number of carbonyl (C=O) groups is 1. The van der Waals surface area contributed by atoms with E-state index in [1.807, 2.05) is 51.1 Å². The maximum absolute atomic E-state index is 12.7. The number of aryl methyl sites for hydroxylation is 3. The van der Waals surface area contributed by atoms with E-state index in [1.165, 1.54) is 5.56 Å². The van der Waals surface area contributed by atoms with Crippen molar-refractivity contribution in [2.24, 2.45) is 5.92 Å². The number of hydrogen-bond donors (Lipinski definition) is 1. The van der Waals surface area contributed by atoms with E-state index in [9.17, 15) is 4.79 Å². The molecule has 3 rings (SSSR count). The van der Waals surface area contributed by atoms with Gasteiger partial charge in [0.25, 0.3) is 0 Å². The van der Waals surface area contributed by atoms with Gasteiger partial charge in [-0.25, -0.2) is 0 Å². The van der Waals surface area contributed by atoms with Crippen molar-refractivity contribution in [2.75, 3.05) is 5.32 Å². The predicted molar refractivity (Wildman–Crippen MR) is 96.4 cm³/mol. The zero-order valence-corrected chi connectivity index (χ0v) is 14.9. The van der Waals surface area contributed by atoms with Crippen LogP contribution >= 0.6 is 23.2 Å². The van der Waals surface area contributed by atoms with E-state index < -0.39 is 10.3 Å². The molecule has 0 radical (unpaired) electrons. The minimum absolute atomic E-state index is 0.126. The summed E-state index contributed by atoms with van der Waals surface area (Å²) < 4.78 is -1.04. The van der Waals surface area contributed by atoms with Gasteiger partial charge in [0.2, 0.25) is 5.91 Å². The lowest BCUT2D eigenvalue weighted by molar-refractivity contribution is -0.117. The molecule has 2 aromatic carbocycles. The third kappa shape index (κ3) is 2.98. The van der Waals surface area contributed by atoms with Crippen LogP contribution in [-0.2, 0) is 4.79 Å². The second-order valence-corrected chi connectivity index (χ2v) is 7.75. The number of benzene rings is 2. The first-order valence-corrected chi connectivity index (χ1v) is 8.39. The highest BCUT2D eigenvalue weighted by Gasteiger charge is 2.67. The standard InChI is InChI=1S/C19H19Cl2NO/c1-11-9-12(2)17(13(3)10-11)22-18(23)16-15(19(16,20)21)14-7-5-4-6-8-14/h4-10,15-16H,1-3H3,(H,22,23)/t15-,16-/m0/s1. The van der Waals surface area contributed by atoms with E-state index in [-0.39, 0.29) is 11.8 Å². The average molecular weight is 348 g/mol. The quantitative estimate of drug-likeness (QED) is 0.765. The fourth-order valence-electron chi connectivity index (χ4n) is 3.31. The summed E-state index contributed by atoms with van der Waals surface area (Å²) in [4.78, 5) is 12.7. The molecule has 2 aromatic rings. The molecular formula is C19H19Cl2NO. The van der Waals surface area contributed by atoms with E-state index in [4.69, 9.17) is 23.2 Å². The Hall–Kier alpha value is -1.51. The Morgan fingerprint density at radius 1 is 1.04 bits per heavy atom. The predicted octanol–water partition coefficient (Wildman–Crippen LogP) is 5.14. The van der Waals surface area contributed by atoms with Gasteiger partial charge in [-0.2, -0.15) is 0 Å². The zero-order valence-electron chi connectivity index (χ0n) is 13.4. The summed E-state index contributed by atoms with van der Waals surface area (Å²) in [6.07, 6.45) is 0. The lowest BCUT2D eigenvalue weighted by Gasteiger charge is -2.13. The summed E-state index contributed by atoms with van der Waals surface area (Å²) in [5, 5.41) is 3.02. The number of hydrogen-bond acceptors (Lipinski definition) is 1. The lowest BCUT2D eigenvalue weighted by atomic mass is 10.0.